The van der Waals surface area contributed by atoms with E-state index in [4.69, 9.17) is 11.6 Å². The Bertz CT molecular complexity index is 523. The van der Waals surface area contributed by atoms with E-state index in [1.807, 2.05) is 0 Å². The van der Waals surface area contributed by atoms with Gasteiger partial charge in [0.2, 0.25) is 0 Å². The quantitative estimate of drug-likeness (QED) is 0.687. The van der Waals surface area contributed by atoms with E-state index >= 15 is 0 Å². The van der Waals surface area contributed by atoms with Crippen molar-refractivity contribution in [2.45, 2.75) is 37.8 Å². The molecule has 2 unspecified atom stereocenters. The van der Waals surface area contributed by atoms with Gasteiger partial charge in [0.15, 0.2) is 0 Å². The summed E-state index contributed by atoms with van der Waals surface area (Å²) >= 11 is 6.13. The lowest BCUT2D eigenvalue weighted by Gasteiger charge is -2.35. The molecular weight excluding hydrogens is 278 g/mol. The van der Waals surface area contributed by atoms with Gasteiger partial charge in [-0.3, -0.25) is 10.1 Å². The molecule has 1 aromatic carbocycles. The standard InChI is InChI=1S/C14H18ClN3O2/c15-13-9-12(18(19)20)3-4-14(13)16-10-5-7-17-6-1-2-11(17)8-10/h3-4,9-11,16H,1-2,5-8H2. The number of nitrogens with zero attached hydrogens (tertiary/aromatic N) is 2. The van der Waals surface area contributed by atoms with E-state index < -0.39 is 4.92 Å². The lowest BCUT2D eigenvalue weighted by Crippen LogP contribution is -2.42. The van der Waals surface area contributed by atoms with Crippen molar-refractivity contribution < 1.29 is 4.92 Å². The first kappa shape index (κ1) is 13.6. The van der Waals surface area contributed by atoms with Crippen LogP contribution in [0.1, 0.15) is 25.7 Å². The summed E-state index contributed by atoms with van der Waals surface area (Å²) in [5, 5.41) is 14.6. The van der Waals surface area contributed by atoms with Gasteiger partial charge in [0, 0.05) is 30.8 Å². The van der Waals surface area contributed by atoms with Crippen LogP contribution < -0.4 is 5.32 Å². The number of nitrogens with one attached hydrogen (secondary N) is 1. The minimum atomic E-state index is -0.424. The molecule has 2 saturated heterocycles. The summed E-state index contributed by atoms with van der Waals surface area (Å²) in [5.41, 5.74) is 0.833. The van der Waals surface area contributed by atoms with Crippen LogP contribution in [0.5, 0.6) is 0 Å². The predicted octanol–water partition coefficient (Wildman–Crippen LogP) is 3.29. The Balaban J connectivity index is 1.67. The number of hydrogen-bond donors (Lipinski definition) is 1. The van der Waals surface area contributed by atoms with Crippen molar-refractivity contribution in [2.24, 2.45) is 0 Å². The number of non-ortho nitro benzene ring substituents is 1. The van der Waals surface area contributed by atoms with Crippen LogP contribution in [0.3, 0.4) is 0 Å². The summed E-state index contributed by atoms with van der Waals surface area (Å²) in [6.45, 7) is 2.36. The zero-order valence-corrected chi connectivity index (χ0v) is 12.0. The topological polar surface area (TPSA) is 58.4 Å². The highest BCUT2D eigenvalue weighted by molar-refractivity contribution is 6.33. The molecule has 2 aliphatic heterocycles. The Morgan fingerprint density at radius 1 is 1.35 bits per heavy atom. The molecule has 0 spiro atoms. The van der Waals surface area contributed by atoms with Crippen molar-refractivity contribution in [3.05, 3.63) is 33.3 Å². The van der Waals surface area contributed by atoms with Crippen molar-refractivity contribution in [1.82, 2.24) is 4.90 Å². The molecule has 2 heterocycles. The summed E-state index contributed by atoms with van der Waals surface area (Å²) in [6, 6.07) is 5.72. The van der Waals surface area contributed by atoms with Gasteiger partial charge in [-0.2, -0.15) is 0 Å². The second-order valence-corrected chi connectivity index (χ2v) is 6.03. The smallest absolute Gasteiger partial charge is 0.271 e. The highest BCUT2D eigenvalue weighted by atomic mass is 35.5. The predicted molar refractivity (Wildman–Crippen MR) is 79.3 cm³/mol. The minimum absolute atomic E-state index is 0.0335. The number of rotatable bonds is 3. The van der Waals surface area contributed by atoms with Gasteiger partial charge in [-0.15, -0.1) is 0 Å². The minimum Gasteiger partial charge on any atom is -0.381 e. The molecule has 5 nitrogen and oxygen atoms in total. The molecule has 0 aliphatic carbocycles. The molecular formula is C14H18ClN3O2. The molecule has 2 fully saturated rings. The number of nitro groups is 1. The van der Waals surface area contributed by atoms with Crippen LogP contribution in [0.15, 0.2) is 18.2 Å². The first-order valence-electron chi connectivity index (χ1n) is 7.08. The highest BCUT2D eigenvalue weighted by Gasteiger charge is 2.31. The molecule has 1 aromatic rings. The normalized spacial score (nSPS) is 26.2. The van der Waals surface area contributed by atoms with Gasteiger partial charge in [0.05, 0.1) is 15.6 Å². The summed E-state index contributed by atoms with van der Waals surface area (Å²) < 4.78 is 0. The molecule has 0 amide bonds. The molecule has 2 aliphatic rings. The molecule has 20 heavy (non-hydrogen) atoms. The summed E-state index contributed by atoms with van der Waals surface area (Å²) in [6.07, 6.45) is 4.82. The number of hydrogen-bond acceptors (Lipinski definition) is 4. The van der Waals surface area contributed by atoms with Gasteiger partial charge in [0.25, 0.3) is 5.69 Å². The van der Waals surface area contributed by atoms with Gasteiger partial charge >= 0.3 is 0 Å². The van der Waals surface area contributed by atoms with Crippen LogP contribution >= 0.6 is 11.6 Å². The summed E-state index contributed by atoms with van der Waals surface area (Å²) in [7, 11) is 0. The van der Waals surface area contributed by atoms with E-state index in [0.717, 1.165) is 25.1 Å². The van der Waals surface area contributed by atoms with Gasteiger partial charge in [0.1, 0.15) is 0 Å². The van der Waals surface area contributed by atoms with E-state index in [1.54, 1.807) is 6.07 Å². The largest absolute Gasteiger partial charge is 0.381 e. The third-order valence-electron chi connectivity index (χ3n) is 4.34. The highest BCUT2D eigenvalue weighted by Crippen LogP contribution is 2.31. The zero-order valence-electron chi connectivity index (χ0n) is 11.2. The first-order valence-corrected chi connectivity index (χ1v) is 7.46. The Morgan fingerprint density at radius 2 is 2.20 bits per heavy atom. The van der Waals surface area contributed by atoms with Gasteiger partial charge in [-0.25, -0.2) is 0 Å². The van der Waals surface area contributed by atoms with E-state index in [2.05, 4.69) is 10.2 Å². The summed E-state index contributed by atoms with van der Waals surface area (Å²) in [5.74, 6) is 0. The van der Waals surface area contributed by atoms with Crippen LogP contribution in [0.25, 0.3) is 0 Å². The van der Waals surface area contributed by atoms with Crippen molar-refractivity contribution in [2.75, 3.05) is 18.4 Å². The van der Waals surface area contributed by atoms with Crippen LogP contribution in [-0.2, 0) is 0 Å². The van der Waals surface area contributed by atoms with E-state index in [0.29, 0.717) is 17.1 Å². The Hall–Kier alpha value is -1.33. The molecule has 108 valence electrons. The lowest BCUT2D eigenvalue weighted by molar-refractivity contribution is -0.384. The molecule has 0 bridgehead atoms. The monoisotopic (exact) mass is 295 g/mol. The maximum atomic E-state index is 10.7. The third kappa shape index (κ3) is 2.74. The molecule has 1 N–H and O–H groups in total. The number of nitro benzene ring substituents is 1. The number of anilines is 1. The Kier molecular flexibility index (Phi) is 3.81. The van der Waals surface area contributed by atoms with Crippen molar-refractivity contribution in [1.29, 1.82) is 0 Å². The van der Waals surface area contributed by atoms with Crippen LogP contribution in [0.2, 0.25) is 5.02 Å². The Labute approximate surface area is 123 Å². The first-order chi connectivity index (χ1) is 9.63. The fourth-order valence-corrected chi connectivity index (χ4v) is 3.54. The zero-order chi connectivity index (χ0) is 14.1. The van der Waals surface area contributed by atoms with Crippen LogP contribution in [0, 0.1) is 10.1 Å². The van der Waals surface area contributed by atoms with E-state index in [1.165, 1.54) is 31.5 Å². The maximum Gasteiger partial charge on any atom is 0.271 e. The molecule has 0 saturated carbocycles. The summed E-state index contributed by atoms with van der Waals surface area (Å²) in [4.78, 5) is 12.8. The van der Waals surface area contributed by atoms with E-state index in [-0.39, 0.29) is 5.69 Å². The van der Waals surface area contributed by atoms with Crippen molar-refractivity contribution >= 4 is 23.0 Å². The van der Waals surface area contributed by atoms with Gasteiger partial charge in [-0.05, 0) is 38.3 Å². The molecule has 0 radical (unpaired) electrons. The van der Waals surface area contributed by atoms with Gasteiger partial charge < -0.3 is 10.2 Å². The van der Waals surface area contributed by atoms with Crippen LogP contribution in [0.4, 0.5) is 11.4 Å². The number of piperidine rings is 1. The number of halogens is 1. The molecule has 6 heteroatoms. The van der Waals surface area contributed by atoms with Crippen molar-refractivity contribution in [3.63, 3.8) is 0 Å². The second kappa shape index (κ2) is 5.58. The van der Waals surface area contributed by atoms with Gasteiger partial charge in [-0.1, -0.05) is 11.6 Å². The SMILES string of the molecule is O=[N+]([O-])c1ccc(NC2CCN3CCCC3C2)c(Cl)c1. The molecule has 0 aromatic heterocycles. The fraction of sp³-hybridized carbons (Fsp3) is 0.571. The third-order valence-corrected chi connectivity index (χ3v) is 4.66. The Morgan fingerprint density at radius 3 is 2.95 bits per heavy atom. The average Bonchev–Trinajstić information content (AvgIpc) is 2.88. The lowest BCUT2D eigenvalue weighted by atomic mass is 9.97. The fourth-order valence-electron chi connectivity index (χ4n) is 3.31. The number of benzene rings is 1. The number of fused-ring (bicyclic) bond motifs is 1. The second-order valence-electron chi connectivity index (χ2n) is 5.62. The molecule has 2 atom stereocenters. The maximum absolute atomic E-state index is 10.7. The average molecular weight is 296 g/mol. The van der Waals surface area contributed by atoms with Crippen LogP contribution in [-0.4, -0.2) is 35.0 Å². The van der Waals surface area contributed by atoms with E-state index in [9.17, 15) is 10.1 Å². The molecule has 3 rings (SSSR count). The van der Waals surface area contributed by atoms with Crippen molar-refractivity contribution in [3.8, 4) is 0 Å².